The third-order valence-corrected chi connectivity index (χ3v) is 8.39. The van der Waals surface area contributed by atoms with Gasteiger partial charge in [-0.3, -0.25) is 9.59 Å². The fourth-order valence-corrected chi connectivity index (χ4v) is 6.12. The van der Waals surface area contributed by atoms with Gasteiger partial charge in [0.25, 0.3) is 5.91 Å². The first-order valence-electron chi connectivity index (χ1n) is 13.4. The molecule has 0 saturated heterocycles. The normalized spacial score (nSPS) is 22.2. The lowest BCUT2D eigenvalue weighted by Crippen LogP contribution is -2.40. The second-order valence-electron chi connectivity index (χ2n) is 10.9. The van der Waals surface area contributed by atoms with Crippen LogP contribution in [0.15, 0.2) is 70.9 Å². The van der Waals surface area contributed by atoms with Crippen molar-refractivity contribution in [2.45, 2.75) is 46.1 Å². The Hall–Kier alpha value is -3.68. The molecule has 8 heteroatoms. The van der Waals surface area contributed by atoms with Crippen molar-refractivity contribution in [3.05, 3.63) is 89.0 Å². The van der Waals surface area contributed by atoms with E-state index in [-0.39, 0.29) is 52.8 Å². The highest BCUT2D eigenvalue weighted by atomic mass is 19.1. The number of nitrogens with one attached hydrogen (secondary N) is 1. The Balaban J connectivity index is 1.48. The van der Waals surface area contributed by atoms with E-state index in [1.807, 2.05) is 30.0 Å². The zero-order valence-corrected chi connectivity index (χ0v) is 23.0. The third-order valence-electron chi connectivity index (χ3n) is 8.39. The Morgan fingerprint density at radius 2 is 1.85 bits per heavy atom. The van der Waals surface area contributed by atoms with Gasteiger partial charge in [-0.05, 0) is 72.4 Å². The van der Waals surface area contributed by atoms with Crippen LogP contribution in [0.5, 0.6) is 0 Å². The summed E-state index contributed by atoms with van der Waals surface area (Å²) in [6.45, 7) is 11.7. The molecule has 1 aliphatic heterocycles. The molecule has 2 aromatic carbocycles. The SMILES string of the molecule is C=C(/C=C(\N=NC)c1c(F)cccc1F)[C@@H]1CC[C@@H](CN(CC)C(=O)CC2NC(=O)c3ccccc32)C1(C)C. The topological polar surface area (TPSA) is 74.1 Å². The Kier molecular flexibility index (Phi) is 8.42. The summed E-state index contributed by atoms with van der Waals surface area (Å²) in [5.74, 6) is -1.32. The minimum absolute atomic E-state index is 0.00172. The molecule has 0 radical (unpaired) electrons. The van der Waals surface area contributed by atoms with Crippen LogP contribution in [0, 0.1) is 28.9 Å². The first kappa shape index (κ1) is 28.3. The number of amides is 2. The van der Waals surface area contributed by atoms with Crippen LogP contribution < -0.4 is 5.32 Å². The summed E-state index contributed by atoms with van der Waals surface area (Å²) >= 11 is 0. The van der Waals surface area contributed by atoms with Crippen LogP contribution in [0.1, 0.15) is 67.6 Å². The van der Waals surface area contributed by atoms with Crippen LogP contribution in [0.25, 0.3) is 5.70 Å². The van der Waals surface area contributed by atoms with Crippen LogP contribution in [0.3, 0.4) is 0 Å². The van der Waals surface area contributed by atoms with Crippen LogP contribution in [-0.4, -0.2) is 36.9 Å². The smallest absolute Gasteiger partial charge is 0.252 e. The van der Waals surface area contributed by atoms with Gasteiger partial charge in [0.05, 0.1) is 23.7 Å². The van der Waals surface area contributed by atoms with Crippen molar-refractivity contribution in [3.8, 4) is 0 Å². The van der Waals surface area contributed by atoms with Gasteiger partial charge in [0.1, 0.15) is 11.6 Å². The van der Waals surface area contributed by atoms with Crippen LogP contribution >= 0.6 is 0 Å². The Morgan fingerprint density at radius 1 is 1.15 bits per heavy atom. The number of azo groups is 1. The van der Waals surface area contributed by atoms with Gasteiger partial charge < -0.3 is 10.2 Å². The van der Waals surface area contributed by atoms with Gasteiger partial charge in [-0.15, -0.1) is 0 Å². The molecule has 206 valence electrons. The van der Waals surface area contributed by atoms with Crippen molar-refractivity contribution in [1.29, 1.82) is 0 Å². The Bertz CT molecular complexity index is 1310. The zero-order valence-electron chi connectivity index (χ0n) is 23.0. The molecule has 4 rings (SSSR count). The van der Waals surface area contributed by atoms with Crippen LogP contribution in [-0.2, 0) is 4.79 Å². The number of hydrogen-bond acceptors (Lipinski definition) is 4. The molecule has 1 aliphatic carbocycles. The number of rotatable bonds is 9. The Labute approximate surface area is 228 Å². The molecule has 2 aromatic rings. The lowest BCUT2D eigenvalue weighted by Gasteiger charge is -2.37. The summed E-state index contributed by atoms with van der Waals surface area (Å²) in [5.41, 5.74) is 1.87. The maximum atomic E-state index is 14.5. The molecular weight excluding hydrogens is 498 g/mol. The summed E-state index contributed by atoms with van der Waals surface area (Å²) in [5, 5.41) is 10.7. The second-order valence-corrected chi connectivity index (χ2v) is 10.9. The molecule has 6 nitrogen and oxygen atoms in total. The van der Waals surface area contributed by atoms with Crippen molar-refractivity contribution in [3.63, 3.8) is 0 Å². The van der Waals surface area contributed by atoms with Gasteiger partial charge in [0.2, 0.25) is 5.91 Å². The first-order chi connectivity index (χ1) is 18.6. The highest BCUT2D eigenvalue weighted by Gasteiger charge is 2.45. The standard InChI is InChI=1S/C31H36F2N4O2/c1-6-37(28(38)17-26-21-10-7-8-11-22(21)30(39)35-26)18-20-14-15-23(31(20,3)4)19(2)16-27(36-34-5)29-24(32)12-9-13-25(29)33/h7-13,16,20,23,26H,2,6,14-15,17-18H2,1,3-5H3,(H,35,39)/b27-16-,36-34?/t20-,23-,26?/m0/s1. The highest BCUT2D eigenvalue weighted by Crippen LogP contribution is 2.51. The molecule has 0 bridgehead atoms. The van der Waals surface area contributed by atoms with E-state index in [1.165, 1.54) is 25.2 Å². The van der Waals surface area contributed by atoms with Crippen molar-refractivity contribution in [1.82, 2.24) is 10.2 Å². The Morgan fingerprint density at radius 3 is 2.51 bits per heavy atom. The quantitative estimate of drug-likeness (QED) is 0.287. The van der Waals surface area contributed by atoms with Crippen molar-refractivity contribution in [2.75, 3.05) is 20.1 Å². The van der Waals surface area contributed by atoms with E-state index in [2.05, 4.69) is 36.0 Å². The lowest BCUT2D eigenvalue weighted by molar-refractivity contribution is -0.132. The maximum Gasteiger partial charge on any atom is 0.252 e. The molecule has 3 atom stereocenters. The number of fused-ring (bicyclic) bond motifs is 1. The van der Waals surface area contributed by atoms with E-state index in [0.717, 1.165) is 24.0 Å². The van der Waals surface area contributed by atoms with E-state index in [0.29, 0.717) is 18.7 Å². The van der Waals surface area contributed by atoms with Gasteiger partial charge in [-0.25, -0.2) is 8.78 Å². The highest BCUT2D eigenvalue weighted by molar-refractivity contribution is 5.99. The molecule has 1 N–H and O–H groups in total. The first-order valence-corrected chi connectivity index (χ1v) is 13.4. The number of carbonyl (C=O) groups is 2. The zero-order chi connectivity index (χ0) is 28.3. The fraction of sp³-hybridized carbons (Fsp3) is 0.419. The predicted octanol–water partition coefficient (Wildman–Crippen LogP) is 6.72. The minimum Gasteiger partial charge on any atom is -0.345 e. The van der Waals surface area contributed by atoms with Gasteiger partial charge in [-0.2, -0.15) is 10.2 Å². The largest absolute Gasteiger partial charge is 0.345 e. The number of allylic oxidation sites excluding steroid dienone is 2. The fourth-order valence-electron chi connectivity index (χ4n) is 6.12. The predicted molar refractivity (Wildman–Crippen MR) is 148 cm³/mol. The van der Waals surface area contributed by atoms with Crippen LogP contribution in [0.4, 0.5) is 8.78 Å². The molecule has 39 heavy (non-hydrogen) atoms. The van der Waals surface area contributed by atoms with Gasteiger partial charge in [-0.1, -0.05) is 44.7 Å². The molecule has 1 saturated carbocycles. The number of nitrogens with zero attached hydrogens (tertiary/aromatic N) is 3. The monoisotopic (exact) mass is 534 g/mol. The molecular formula is C31H36F2N4O2. The molecule has 1 fully saturated rings. The van der Waals surface area contributed by atoms with Gasteiger partial charge >= 0.3 is 0 Å². The average molecular weight is 535 g/mol. The number of hydrogen-bond donors (Lipinski definition) is 1. The molecule has 1 heterocycles. The lowest BCUT2D eigenvalue weighted by atomic mass is 9.72. The van der Waals surface area contributed by atoms with Gasteiger partial charge in [0.15, 0.2) is 0 Å². The van der Waals surface area contributed by atoms with E-state index in [4.69, 9.17) is 0 Å². The minimum atomic E-state index is -0.705. The summed E-state index contributed by atoms with van der Waals surface area (Å²) in [7, 11) is 1.46. The second kappa shape index (κ2) is 11.6. The summed E-state index contributed by atoms with van der Waals surface area (Å²) in [4.78, 5) is 27.5. The molecule has 1 unspecified atom stereocenters. The van der Waals surface area contributed by atoms with Crippen molar-refractivity contribution >= 4 is 17.5 Å². The molecule has 0 aromatic heterocycles. The number of halogens is 2. The summed E-state index contributed by atoms with van der Waals surface area (Å²) < 4.78 is 29.0. The number of benzene rings is 2. The molecule has 2 amide bonds. The van der Waals surface area contributed by atoms with E-state index in [1.54, 1.807) is 12.1 Å². The summed E-state index contributed by atoms with van der Waals surface area (Å²) in [6, 6.07) is 10.8. The van der Waals surface area contributed by atoms with E-state index in [9.17, 15) is 18.4 Å². The van der Waals surface area contributed by atoms with Gasteiger partial charge in [0, 0.05) is 25.7 Å². The van der Waals surface area contributed by atoms with Crippen molar-refractivity contribution < 1.29 is 18.4 Å². The molecule has 2 aliphatic rings. The molecule has 0 spiro atoms. The van der Waals surface area contributed by atoms with Crippen molar-refractivity contribution in [2.24, 2.45) is 27.5 Å². The number of carbonyl (C=O) groups excluding carboxylic acids is 2. The van der Waals surface area contributed by atoms with E-state index < -0.39 is 11.6 Å². The van der Waals surface area contributed by atoms with E-state index >= 15 is 0 Å². The maximum absolute atomic E-state index is 14.5. The average Bonchev–Trinajstić information content (AvgIpc) is 3.37. The third kappa shape index (κ3) is 5.70. The van der Waals surface area contributed by atoms with Crippen LogP contribution in [0.2, 0.25) is 0 Å². The summed E-state index contributed by atoms with van der Waals surface area (Å²) in [6.07, 6.45) is 3.56.